The standard InChI is InChI=1S/C61H42N2O/c1-61(2)54-22-9-5-19-48(54)49-34-32-45(38-55(49)61)62(56-23-10-6-17-46(56)42-29-35-59-53(37-42)52-33-28-40-14-3-4-18-47(40)60(52)64-59)43-30-26-39(27-31-43)41-15-13-16-44(36-41)63-57-24-11-7-20-50(57)51-21-8-12-25-58(51)63/h3-38H,1-2H3. The summed E-state index contributed by atoms with van der Waals surface area (Å²) in [6, 6.07) is 79.7. The van der Waals surface area contributed by atoms with Gasteiger partial charge in [0.2, 0.25) is 0 Å². The highest BCUT2D eigenvalue weighted by Gasteiger charge is 2.36. The maximum atomic E-state index is 6.56. The van der Waals surface area contributed by atoms with E-state index >= 15 is 0 Å². The fraction of sp³-hybridized carbons (Fsp3) is 0.0492. The first kappa shape index (κ1) is 36.5. The van der Waals surface area contributed by atoms with Crippen LogP contribution in [-0.4, -0.2) is 4.57 Å². The van der Waals surface area contributed by atoms with Crippen molar-refractivity contribution in [2.45, 2.75) is 19.3 Å². The molecule has 0 bridgehead atoms. The topological polar surface area (TPSA) is 21.3 Å². The van der Waals surface area contributed by atoms with Gasteiger partial charge in [-0.05, 0) is 117 Å². The number of hydrogen-bond donors (Lipinski definition) is 0. The molecular formula is C61H42N2O. The van der Waals surface area contributed by atoms with E-state index in [2.05, 4.69) is 242 Å². The van der Waals surface area contributed by atoms with Crippen LogP contribution in [0.2, 0.25) is 0 Å². The van der Waals surface area contributed by atoms with Crippen molar-refractivity contribution in [1.82, 2.24) is 4.57 Å². The molecule has 2 aromatic heterocycles. The summed E-state index contributed by atoms with van der Waals surface area (Å²) in [5, 5.41) is 7.08. The maximum absolute atomic E-state index is 6.56. The maximum Gasteiger partial charge on any atom is 0.143 e. The number of para-hydroxylation sites is 3. The Morgan fingerprint density at radius 2 is 1.06 bits per heavy atom. The Morgan fingerprint density at radius 1 is 0.406 bits per heavy atom. The lowest BCUT2D eigenvalue weighted by Crippen LogP contribution is -2.16. The molecule has 2 heterocycles. The molecule has 13 rings (SSSR count). The summed E-state index contributed by atoms with van der Waals surface area (Å²) >= 11 is 0. The Hall–Kier alpha value is -8.14. The van der Waals surface area contributed by atoms with E-state index in [1.165, 1.54) is 55.0 Å². The Kier molecular flexibility index (Phi) is 7.95. The molecule has 0 amide bonds. The second kappa shape index (κ2) is 13.9. The van der Waals surface area contributed by atoms with Crippen LogP contribution in [0, 0.1) is 0 Å². The molecule has 1 aliphatic rings. The molecule has 0 N–H and O–H groups in total. The molecule has 0 aliphatic heterocycles. The van der Waals surface area contributed by atoms with Gasteiger partial charge in [-0.15, -0.1) is 0 Å². The van der Waals surface area contributed by atoms with Gasteiger partial charge in [0.1, 0.15) is 11.2 Å². The summed E-state index contributed by atoms with van der Waals surface area (Å²) in [5.74, 6) is 0. The highest BCUT2D eigenvalue weighted by molar-refractivity contribution is 6.16. The number of aromatic nitrogens is 1. The van der Waals surface area contributed by atoms with Crippen molar-refractivity contribution in [3.8, 4) is 39.1 Å². The van der Waals surface area contributed by atoms with Crippen molar-refractivity contribution in [2.24, 2.45) is 0 Å². The number of benzene rings is 10. The van der Waals surface area contributed by atoms with Crippen molar-refractivity contribution >= 4 is 71.6 Å². The van der Waals surface area contributed by atoms with E-state index in [0.717, 1.165) is 66.8 Å². The summed E-state index contributed by atoms with van der Waals surface area (Å²) in [7, 11) is 0. The lowest BCUT2D eigenvalue weighted by molar-refractivity contribution is 0.660. The quantitative estimate of drug-likeness (QED) is 0.167. The summed E-state index contributed by atoms with van der Waals surface area (Å²) in [6.07, 6.45) is 0. The zero-order valence-electron chi connectivity index (χ0n) is 35.6. The summed E-state index contributed by atoms with van der Waals surface area (Å²) in [6.45, 7) is 4.71. The Balaban J connectivity index is 0.955. The predicted octanol–water partition coefficient (Wildman–Crippen LogP) is 16.9. The van der Waals surface area contributed by atoms with Crippen LogP contribution in [0.5, 0.6) is 0 Å². The van der Waals surface area contributed by atoms with Crippen molar-refractivity contribution in [3.63, 3.8) is 0 Å². The minimum atomic E-state index is -0.143. The van der Waals surface area contributed by atoms with Gasteiger partial charge < -0.3 is 13.9 Å². The fourth-order valence-corrected chi connectivity index (χ4v) is 10.7. The van der Waals surface area contributed by atoms with Gasteiger partial charge in [-0.3, -0.25) is 0 Å². The molecule has 3 heteroatoms. The highest BCUT2D eigenvalue weighted by atomic mass is 16.3. The second-order valence-corrected chi connectivity index (χ2v) is 17.7. The largest absolute Gasteiger partial charge is 0.455 e. The van der Waals surface area contributed by atoms with Crippen LogP contribution in [0.15, 0.2) is 223 Å². The molecule has 302 valence electrons. The zero-order valence-corrected chi connectivity index (χ0v) is 35.6. The molecule has 0 unspecified atom stereocenters. The smallest absolute Gasteiger partial charge is 0.143 e. The third-order valence-electron chi connectivity index (χ3n) is 13.8. The third kappa shape index (κ3) is 5.47. The van der Waals surface area contributed by atoms with Gasteiger partial charge in [-0.1, -0.05) is 159 Å². The molecule has 0 radical (unpaired) electrons. The van der Waals surface area contributed by atoms with Crippen LogP contribution in [-0.2, 0) is 5.41 Å². The van der Waals surface area contributed by atoms with Gasteiger partial charge in [0.05, 0.1) is 16.7 Å². The minimum Gasteiger partial charge on any atom is -0.455 e. The average Bonchev–Trinajstić information content (AvgIpc) is 3.97. The number of rotatable bonds is 6. The van der Waals surface area contributed by atoms with Crippen molar-refractivity contribution in [2.75, 3.05) is 4.90 Å². The summed E-state index contributed by atoms with van der Waals surface area (Å²) in [5.41, 5.74) is 18.5. The van der Waals surface area contributed by atoms with Crippen molar-refractivity contribution in [1.29, 1.82) is 0 Å². The zero-order chi connectivity index (χ0) is 42.5. The van der Waals surface area contributed by atoms with Gasteiger partial charge in [0, 0.05) is 55.0 Å². The van der Waals surface area contributed by atoms with E-state index in [-0.39, 0.29) is 5.41 Å². The van der Waals surface area contributed by atoms with Crippen LogP contribution in [0.4, 0.5) is 17.1 Å². The van der Waals surface area contributed by atoms with E-state index in [4.69, 9.17) is 4.42 Å². The van der Waals surface area contributed by atoms with Crippen LogP contribution in [0.25, 0.3) is 93.6 Å². The molecule has 3 nitrogen and oxygen atoms in total. The SMILES string of the molecule is CC1(C)c2ccccc2-c2ccc(N(c3ccc(-c4cccc(-n5c6ccccc6c6ccccc65)c4)cc3)c3ccccc3-c3ccc4oc5c6ccccc6ccc5c4c3)cc21. The Labute approximate surface area is 371 Å². The molecule has 12 aromatic rings. The first-order valence-electron chi connectivity index (χ1n) is 22.2. The molecular weight excluding hydrogens is 777 g/mol. The monoisotopic (exact) mass is 818 g/mol. The average molecular weight is 819 g/mol. The molecule has 0 spiro atoms. The molecule has 0 saturated carbocycles. The molecule has 1 aliphatic carbocycles. The summed E-state index contributed by atoms with van der Waals surface area (Å²) in [4.78, 5) is 2.44. The van der Waals surface area contributed by atoms with E-state index < -0.39 is 0 Å². The van der Waals surface area contributed by atoms with E-state index in [1.807, 2.05) is 0 Å². The molecule has 0 fully saturated rings. The van der Waals surface area contributed by atoms with Gasteiger partial charge >= 0.3 is 0 Å². The predicted molar refractivity (Wildman–Crippen MR) is 269 cm³/mol. The molecule has 0 saturated heterocycles. The van der Waals surface area contributed by atoms with E-state index in [0.29, 0.717) is 0 Å². The first-order valence-corrected chi connectivity index (χ1v) is 22.2. The van der Waals surface area contributed by atoms with Crippen molar-refractivity contribution < 1.29 is 4.42 Å². The summed E-state index contributed by atoms with van der Waals surface area (Å²) < 4.78 is 8.95. The highest BCUT2D eigenvalue weighted by Crippen LogP contribution is 2.51. The van der Waals surface area contributed by atoms with Gasteiger partial charge in [0.25, 0.3) is 0 Å². The van der Waals surface area contributed by atoms with Crippen LogP contribution >= 0.6 is 0 Å². The van der Waals surface area contributed by atoms with Gasteiger partial charge in [-0.25, -0.2) is 0 Å². The lowest BCUT2D eigenvalue weighted by atomic mass is 9.82. The van der Waals surface area contributed by atoms with Crippen LogP contribution < -0.4 is 4.90 Å². The van der Waals surface area contributed by atoms with Crippen LogP contribution in [0.3, 0.4) is 0 Å². The van der Waals surface area contributed by atoms with E-state index in [9.17, 15) is 0 Å². The minimum absolute atomic E-state index is 0.143. The first-order chi connectivity index (χ1) is 31.5. The fourth-order valence-electron chi connectivity index (χ4n) is 10.7. The second-order valence-electron chi connectivity index (χ2n) is 17.7. The molecule has 10 aromatic carbocycles. The van der Waals surface area contributed by atoms with Gasteiger partial charge in [0.15, 0.2) is 0 Å². The third-order valence-corrected chi connectivity index (χ3v) is 13.8. The Bertz CT molecular complexity index is 3770. The van der Waals surface area contributed by atoms with Crippen LogP contribution in [0.1, 0.15) is 25.0 Å². The molecule has 64 heavy (non-hydrogen) atoms. The number of hydrogen-bond acceptors (Lipinski definition) is 2. The number of fused-ring (bicyclic) bond motifs is 11. The van der Waals surface area contributed by atoms with Crippen molar-refractivity contribution in [3.05, 3.63) is 230 Å². The van der Waals surface area contributed by atoms with Gasteiger partial charge in [-0.2, -0.15) is 0 Å². The normalized spacial score (nSPS) is 13.0. The number of nitrogens with zero attached hydrogens (tertiary/aromatic N) is 2. The lowest BCUT2D eigenvalue weighted by Gasteiger charge is -2.30. The Morgan fingerprint density at radius 3 is 1.88 bits per heavy atom. The number of furan rings is 1. The number of anilines is 3. The molecule has 0 atom stereocenters. The van der Waals surface area contributed by atoms with E-state index in [1.54, 1.807) is 0 Å².